The Hall–Kier alpha value is -0.540. The van der Waals surface area contributed by atoms with Crippen LogP contribution >= 0.6 is 11.3 Å². The van der Waals surface area contributed by atoms with E-state index in [1.807, 2.05) is 20.8 Å². The van der Waals surface area contributed by atoms with E-state index in [-0.39, 0.29) is 0 Å². The second-order valence-corrected chi connectivity index (χ2v) is 9.65. The Balaban J connectivity index is 2.20. The maximum Gasteiger partial charge on any atom is 0.254 e. The summed E-state index contributed by atoms with van der Waals surface area (Å²) < 4.78 is 33.0. The highest BCUT2D eigenvalue weighted by atomic mass is 32.2. The molecule has 0 unspecified atom stereocenters. The van der Waals surface area contributed by atoms with Gasteiger partial charge in [0.1, 0.15) is 0 Å². The molecule has 0 amide bonds. The Morgan fingerprint density at radius 1 is 1.32 bits per heavy atom. The lowest BCUT2D eigenvalue weighted by Gasteiger charge is -2.39. The number of thiazole rings is 1. The van der Waals surface area contributed by atoms with Crippen LogP contribution < -0.4 is 0 Å². The topological polar surface area (TPSA) is 62.7 Å². The summed E-state index contributed by atoms with van der Waals surface area (Å²) in [6.07, 6.45) is 0. The molecule has 0 saturated carbocycles. The van der Waals surface area contributed by atoms with Crippen molar-refractivity contribution in [3.05, 3.63) is 10.7 Å². The molecule has 0 aliphatic carbocycles. The van der Waals surface area contributed by atoms with Gasteiger partial charge in [-0.1, -0.05) is 0 Å². The molecule has 1 aromatic heterocycles. The quantitative estimate of drug-likeness (QED) is 0.807. The van der Waals surface area contributed by atoms with Gasteiger partial charge in [-0.3, -0.25) is 4.90 Å². The lowest BCUT2D eigenvalue weighted by Crippen LogP contribution is -2.54. The van der Waals surface area contributed by atoms with E-state index in [1.165, 1.54) is 15.6 Å². The van der Waals surface area contributed by atoms with Gasteiger partial charge in [-0.25, -0.2) is 13.4 Å². The molecule has 1 saturated heterocycles. The van der Waals surface area contributed by atoms with Gasteiger partial charge in [0.05, 0.1) is 23.9 Å². The SMILES string of the molecule is Cc1nc(C)c(S(=O)(=O)N(C)C(C)(C)CN2CCOCC2)s1. The fourth-order valence-electron chi connectivity index (χ4n) is 2.61. The molecule has 0 N–H and O–H groups in total. The number of sulfonamides is 1. The van der Waals surface area contributed by atoms with Crippen LogP contribution in [0.15, 0.2) is 4.21 Å². The third-order valence-electron chi connectivity index (χ3n) is 4.02. The summed E-state index contributed by atoms with van der Waals surface area (Å²) >= 11 is 1.24. The number of aromatic nitrogens is 1. The number of ether oxygens (including phenoxy) is 1. The molecule has 1 aliphatic heterocycles. The van der Waals surface area contributed by atoms with Crippen LogP contribution in [0.25, 0.3) is 0 Å². The number of rotatable bonds is 5. The average molecular weight is 348 g/mol. The summed E-state index contributed by atoms with van der Waals surface area (Å²) in [5.74, 6) is 0. The van der Waals surface area contributed by atoms with Crippen LogP contribution in [-0.2, 0) is 14.8 Å². The maximum atomic E-state index is 12.9. The highest BCUT2D eigenvalue weighted by Crippen LogP contribution is 2.30. The molecule has 0 radical (unpaired) electrons. The van der Waals surface area contributed by atoms with Crippen LogP contribution in [0, 0.1) is 13.8 Å². The Morgan fingerprint density at radius 2 is 1.91 bits per heavy atom. The van der Waals surface area contributed by atoms with E-state index in [2.05, 4.69) is 9.88 Å². The van der Waals surface area contributed by atoms with E-state index in [4.69, 9.17) is 4.74 Å². The first-order valence-electron chi connectivity index (χ1n) is 7.38. The number of morpholine rings is 1. The van der Waals surface area contributed by atoms with Crippen LogP contribution in [0.1, 0.15) is 24.5 Å². The summed E-state index contributed by atoms with van der Waals surface area (Å²) in [5, 5.41) is 0.774. The van der Waals surface area contributed by atoms with Crippen LogP contribution in [0.4, 0.5) is 0 Å². The number of likely N-dealkylation sites (N-methyl/N-ethyl adjacent to an activating group) is 1. The summed E-state index contributed by atoms with van der Waals surface area (Å²) in [7, 11) is -1.87. The highest BCUT2D eigenvalue weighted by Gasteiger charge is 2.37. The molecule has 22 heavy (non-hydrogen) atoms. The first kappa shape index (κ1) is 17.8. The molecule has 0 bridgehead atoms. The number of hydrogen-bond acceptors (Lipinski definition) is 6. The second kappa shape index (κ2) is 6.52. The number of aryl methyl sites for hydroxylation is 2. The molecule has 2 rings (SSSR count). The normalized spacial score (nSPS) is 18.1. The second-order valence-electron chi connectivity index (χ2n) is 6.28. The van der Waals surface area contributed by atoms with E-state index < -0.39 is 15.6 Å². The molecule has 0 aromatic carbocycles. The third kappa shape index (κ3) is 3.68. The Labute approximate surface area is 137 Å². The van der Waals surface area contributed by atoms with Crippen molar-refractivity contribution >= 4 is 21.4 Å². The standard InChI is InChI=1S/C14H25N3O3S2/c1-11-13(21-12(2)15-11)22(18,19)16(5)14(3,4)10-17-6-8-20-9-7-17/h6-10H2,1-5H3. The molecular formula is C14H25N3O3S2. The minimum atomic E-state index is -3.53. The van der Waals surface area contributed by atoms with E-state index in [0.29, 0.717) is 29.7 Å². The van der Waals surface area contributed by atoms with Gasteiger partial charge in [-0.15, -0.1) is 11.3 Å². The van der Waals surface area contributed by atoms with Crippen LogP contribution in [0.2, 0.25) is 0 Å². The first-order valence-corrected chi connectivity index (χ1v) is 9.63. The summed E-state index contributed by atoms with van der Waals surface area (Å²) in [4.78, 5) is 6.49. The molecule has 8 heteroatoms. The Kier molecular flexibility index (Phi) is 5.28. The van der Waals surface area contributed by atoms with E-state index in [0.717, 1.165) is 18.1 Å². The number of nitrogens with zero attached hydrogens (tertiary/aromatic N) is 3. The van der Waals surface area contributed by atoms with Gasteiger partial charge in [-0.05, 0) is 27.7 Å². The van der Waals surface area contributed by atoms with Crippen molar-refractivity contribution in [2.75, 3.05) is 39.9 Å². The summed E-state index contributed by atoms with van der Waals surface area (Å²) in [6.45, 7) is 11.3. The summed E-state index contributed by atoms with van der Waals surface area (Å²) in [5.41, 5.74) is 0.0806. The van der Waals surface area contributed by atoms with Gasteiger partial charge in [0.15, 0.2) is 4.21 Å². The minimum absolute atomic E-state index is 0.350. The van der Waals surface area contributed by atoms with E-state index in [1.54, 1.807) is 14.0 Å². The molecule has 1 aliphatic rings. The van der Waals surface area contributed by atoms with Crippen molar-refractivity contribution in [3.63, 3.8) is 0 Å². The van der Waals surface area contributed by atoms with Crippen molar-refractivity contribution in [3.8, 4) is 0 Å². The van der Waals surface area contributed by atoms with Crippen molar-refractivity contribution in [2.45, 2.75) is 37.4 Å². The highest BCUT2D eigenvalue weighted by molar-refractivity contribution is 7.91. The van der Waals surface area contributed by atoms with Gasteiger partial charge >= 0.3 is 0 Å². The van der Waals surface area contributed by atoms with Gasteiger partial charge in [-0.2, -0.15) is 4.31 Å². The zero-order valence-electron chi connectivity index (χ0n) is 13.9. The van der Waals surface area contributed by atoms with Crippen molar-refractivity contribution in [2.24, 2.45) is 0 Å². The predicted octanol–water partition coefficient (Wildman–Crippen LogP) is 1.49. The molecule has 1 aromatic rings. The van der Waals surface area contributed by atoms with Crippen LogP contribution in [0.5, 0.6) is 0 Å². The van der Waals surface area contributed by atoms with Gasteiger partial charge < -0.3 is 4.74 Å². The smallest absolute Gasteiger partial charge is 0.254 e. The third-order valence-corrected chi connectivity index (χ3v) is 7.75. The zero-order valence-corrected chi connectivity index (χ0v) is 15.6. The van der Waals surface area contributed by atoms with Crippen molar-refractivity contribution < 1.29 is 13.2 Å². The zero-order chi connectivity index (χ0) is 16.5. The lowest BCUT2D eigenvalue weighted by atomic mass is 10.1. The molecular weight excluding hydrogens is 322 g/mol. The fraction of sp³-hybridized carbons (Fsp3) is 0.786. The molecule has 2 heterocycles. The fourth-order valence-corrected chi connectivity index (χ4v) is 5.75. The number of hydrogen-bond donors (Lipinski definition) is 0. The van der Waals surface area contributed by atoms with Gasteiger partial charge in [0, 0.05) is 32.2 Å². The van der Waals surface area contributed by atoms with E-state index in [9.17, 15) is 8.42 Å². The molecule has 6 nitrogen and oxygen atoms in total. The van der Waals surface area contributed by atoms with Gasteiger partial charge in [0.25, 0.3) is 10.0 Å². The van der Waals surface area contributed by atoms with Crippen LogP contribution in [0.3, 0.4) is 0 Å². The maximum absolute atomic E-state index is 12.9. The summed E-state index contributed by atoms with van der Waals surface area (Å²) in [6, 6.07) is 0. The lowest BCUT2D eigenvalue weighted by molar-refractivity contribution is 0.0205. The predicted molar refractivity (Wildman–Crippen MR) is 87.9 cm³/mol. The molecule has 1 fully saturated rings. The van der Waals surface area contributed by atoms with Crippen molar-refractivity contribution in [1.29, 1.82) is 0 Å². The van der Waals surface area contributed by atoms with Gasteiger partial charge in [0.2, 0.25) is 0 Å². The Morgan fingerprint density at radius 3 is 2.41 bits per heavy atom. The molecule has 0 atom stereocenters. The monoisotopic (exact) mass is 347 g/mol. The average Bonchev–Trinajstić information content (AvgIpc) is 2.78. The Bertz CT molecular complexity index is 619. The first-order chi connectivity index (χ1) is 10.1. The molecule has 126 valence electrons. The minimum Gasteiger partial charge on any atom is -0.379 e. The van der Waals surface area contributed by atoms with Crippen LogP contribution in [-0.4, -0.2) is 68.0 Å². The van der Waals surface area contributed by atoms with E-state index >= 15 is 0 Å². The molecule has 0 spiro atoms. The largest absolute Gasteiger partial charge is 0.379 e. The van der Waals surface area contributed by atoms with Crippen molar-refractivity contribution in [1.82, 2.24) is 14.2 Å².